The van der Waals surface area contributed by atoms with E-state index in [0.29, 0.717) is 0 Å². The molecule has 286 valence electrons. The maximum atomic E-state index is 13.0. The Kier molecular flexibility index (Phi) is 9.40. The van der Waals surface area contributed by atoms with Crippen molar-refractivity contribution in [1.82, 2.24) is 0 Å². The van der Waals surface area contributed by atoms with Crippen LogP contribution in [0.2, 0.25) is 0 Å². The Bertz CT molecular complexity index is 3030. The largest absolute Gasteiger partial charge is 0.323 e. The van der Waals surface area contributed by atoms with E-state index in [0.717, 1.165) is 99.2 Å². The van der Waals surface area contributed by atoms with Gasteiger partial charge in [0.2, 0.25) is 0 Å². The maximum Gasteiger partial charge on any atom is 0.323 e. The van der Waals surface area contributed by atoms with E-state index in [1.54, 1.807) is 0 Å². The zero-order valence-corrected chi connectivity index (χ0v) is 32.4. The summed E-state index contributed by atoms with van der Waals surface area (Å²) in [5.74, 6) is 0. The van der Waals surface area contributed by atoms with Crippen molar-refractivity contribution in [1.29, 1.82) is 0 Å². The lowest BCUT2D eigenvalue weighted by Gasteiger charge is -2.14. The molecule has 6 nitrogen and oxygen atoms in total. The summed E-state index contributed by atoms with van der Waals surface area (Å²) in [4.78, 5) is 26.1. The minimum Gasteiger partial charge on any atom is -0.308 e. The molecule has 0 radical (unpaired) electrons. The van der Waals surface area contributed by atoms with Crippen molar-refractivity contribution in [3.63, 3.8) is 0 Å². The maximum absolute atomic E-state index is 13.0. The average molecular weight is 775 g/mol. The molecule has 4 amide bonds. The van der Waals surface area contributed by atoms with E-state index < -0.39 is 0 Å². The van der Waals surface area contributed by atoms with Crippen LogP contribution in [0.15, 0.2) is 206 Å². The van der Waals surface area contributed by atoms with Gasteiger partial charge in [-0.2, -0.15) is 0 Å². The lowest BCUT2D eigenvalue weighted by molar-refractivity contribution is 0.261. The van der Waals surface area contributed by atoms with Crippen LogP contribution >= 0.6 is 0 Å². The fraction of sp³-hybridized carbons (Fsp3) is 0. The van der Waals surface area contributed by atoms with E-state index in [-0.39, 0.29) is 12.1 Å². The van der Waals surface area contributed by atoms with E-state index in [2.05, 4.69) is 143 Å². The molecule has 0 fully saturated rings. The van der Waals surface area contributed by atoms with E-state index in [1.165, 1.54) is 0 Å². The van der Waals surface area contributed by atoms with Gasteiger partial charge in [0.25, 0.3) is 0 Å². The number of rotatable bonds is 7. The average Bonchev–Trinajstić information content (AvgIpc) is 3.29. The Morgan fingerprint density at radius 2 is 0.633 bits per heavy atom. The molecular formula is C54H38N4O2. The SMILES string of the molecule is O=C(Nc1ccccc1)Nc1cccc2ccc(-c3cccc4ccc(-c5ccc6cccc(-c7ccc8cccc(NC(=O)Nc9ccccc9)c8c7)c6c5)cc34)cc12. The van der Waals surface area contributed by atoms with Crippen molar-refractivity contribution in [2.75, 3.05) is 21.3 Å². The van der Waals surface area contributed by atoms with Crippen LogP contribution < -0.4 is 21.3 Å². The van der Waals surface area contributed by atoms with Gasteiger partial charge < -0.3 is 21.3 Å². The number of carbonyl (C=O) groups is 2. The second kappa shape index (κ2) is 15.6. The van der Waals surface area contributed by atoms with E-state index >= 15 is 0 Å². The molecule has 0 aliphatic heterocycles. The third-order valence-corrected chi connectivity index (χ3v) is 11.0. The Hall–Kier alpha value is -8.22. The van der Waals surface area contributed by atoms with Crippen molar-refractivity contribution < 1.29 is 9.59 Å². The van der Waals surface area contributed by atoms with Gasteiger partial charge >= 0.3 is 12.1 Å². The Labute approximate surface area is 347 Å². The Balaban J connectivity index is 0.991. The first-order chi connectivity index (χ1) is 29.5. The van der Waals surface area contributed by atoms with Gasteiger partial charge in [0, 0.05) is 22.1 Å². The summed E-state index contributed by atoms with van der Waals surface area (Å²) in [6.07, 6.45) is 0. The van der Waals surface area contributed by atoms with Crippen LogP contribution in [0.5, 0.6) is 0 Å². The highest BCUT2D eigenvalue weighted by Gasteiger charge is 2.13. The number of amides is 4. The third-order valence-electron chi connectivity index (χ3n) is 11.0. The molecule has 0 atom stereocenters. The quantitative estimate of drug-likeness (QED) is 0.130. The number of anilines is 4. The monoisotopic (exact) mass is 774 g/mol. The zero-order chi connectivity index (χ0) is 40.4. The lowest BCUT2D eigenvalue weighted by Crippen LogP contribution is -2.19. The molecule has 10 aromatic rings. The van der Waals surface area contributed by atoms with Gasteiger partial charge in [-0.05, 0) is 126 Å². The third kappa shape index (κ3) is 7.25. The van der Waals surface area contributed by atoms with Gasteiger partial charge in [-0.1, -0.05) is 146 Å². The minimum absolute atomic E-state index is 0.293. The van der Waals surface area contributed by atoms with Crippen molar-refractivity contribution in [2.24, 2.45) is 0 Å². The van der Waals surface area contributed by atoms with Gasteiger partial charge in [0.05, 0.1) is 11.4 Å². The first-order valence-electron chi connectivity index (χ1n) is 19.9. The van der Waals surface area contributed by atoms with Crippen molar-refractivity contribution in [3.05, 3.63) is 206 Å². The van der Waals surface area contributed by atoms with Crippen LogP contribution in [0.1, 0.15) is 0 Å². The number of carbonyl (C=O) groups excluding carboxylic acids is 2. The molecule has 6 heteroatoms. The molecule has 0 bridgehead atoms. The van der Waals surface area contributed by atoms with Crippen molar-refractivity contribution in [3.8, 4) is 33.4 Å². The summed E-state index contributed by atoms with van der Waals surface area (Å²) < 4.78 is 0. The Morgan fingerprint density at radius 3 is 1.05 bits per heavy atom. The molecule has 4 N–H and O–H groups in total. The van der Waals surface area contributed by atoms with Gasteiger partial charge in [0.15, 0.2) is 0 Å². The molecule has 0 unspecified atom stereocenters. The second-order valence-electron chi connectivity index (χ2n) is 14.9. The van der Waals surface area contributed by atoms with E-state index in [1.807, 2.05) is 84.9 Å². The van der Waals surface area contributed by atoms with Gasteiger partial charge in [-0.15, -0.1) is 0 Å². The molecule has 10 aromatic carbocycles. The van der Waals surface area contributed by atoms with Gasteiger partial charge in [-0.25, -0.2) is 9.59 Å². The number of nitrogens with one attached hydrogen (secondary N) is 4. The molecule has 0 spiro atoms. The molecular weight excluding hydrogens is 737 g/mol. The van der Waals surface area contributed by atoms with Crippen LogP contribution in [0.25, 0.3) is 76.5 Å². The summed E-state index contributed by atoms with van der Waals surface area (Å²) in [6.45, 7) is 0. The molecule has 0 aliphatic rings. The number of hydrogen-bond donors (Lipinski definition) is 4. The Morgan fingerprint density at radius 1 is 0.283 bits per heavy atom. The highest BCUT2D eigenvalue weighted by atomic mass is 16.2. The number of hydrogen-bond acceptors (Lipinski definition) is 2. The van der Waals surface area contributed by atoms with Crippen LogP contribution in [0, 0.1) is 0 Å². The summed E-state index contributed by atoms with van der Waals surface area (Å²) in [7, 11) is 0. The predicted octanol–water partition coefficient (Wildman–Crippen LogP) is 14.6. The molecule has 0 heterocycles. The normalized spacial score (nSPS) is 11.1. The fourth-order valence-corrected chi connectivity index (χ4v) is 8.12. The van der Waals surface area contributed by atoms with Gasteiger partial charge in [-0.3, -0.25) is 0 Å². The summed E-state index contributed by atoms with van der Waals surface area (Å²) in [6, 6.07) is 69.2. The second-order valence-corrected chi connectivity index (χ2v) is 14.9. The van der Waals surface area contributed by atoms with E-state index in [4.69, 9.17) is 0 Å². The van der Waals surface area contributed by atoms with Crippen LogP contribution in [0.3, 0.4) is 0 Å². The van der Waals surface area contributed by atoms with Gasteiger partial charge in [0.1, 0.15) is 0 Å². The highest BCUT2D eigenvalue weighted by molar-refractivity contribution is 6.10. The smallest absolute Gasteiger partial charge is 0.308 e. The first kappa shape index (κ1) is 36.1. The highest BCUT2D eigenvalue weighted by Crippen LogP contribution is 2.38. The number of benzene rings is 10. The lowest BCUT2D eigenvalue weighted by atomic mass is 9.91. The standard InChI is InChI=1S/C54H38N4O2/c59-53(55-43-15-3-1-4-16-43)57-51-21-9-13-37-25-29-41(33-49(37)51)45-19-7-11-35-23-27-39(31-47(35)45)40-28-24-36-12-8-20-46(48(36)32-40)42-30-26-38-14-10-22-52(50(38)34-42)58-54(60)56-44-17-5-2-6-18-44/h1-34H,(H2,55,57,59)(H2,56,58,60). The van der Waals surface area contributed by atoms with Crippen LogP contribution in [-0.4, -0.2) is 12.1 Å². The molecule has 10 rings (SSSR count). The van der Waals surface area contributed by atoms with Crippen molar-refractivity contribution in [2.45, 2.75) is 0 Å². The van der Waals surface area contributed by atoms with Crippen LogP contribution in [-0.2, 0) is 0 Å². The number of para-hydroxylation sites is 2. The van der Waals surface area contributed by atoms with Crippen molar-refractivity contribution >= 4 is 77.9 Å². The molecule has 60 heavy (non-hydrogen) atoms. The minimum atomic E-state index is -0.293. The van der Waals surface area contributed by atoms with E-state index in [9.17, 15) is 9.59 Å². The molecule has 0 aliphatic carbocycles. The first-order valence-corrected chi connectivity index (χ1v) is 19.9. The molecule has 0 saturated carbocycles. The number of urea groups is 2. The topological polar surface area (TPSA) is 82.3 Å². The fourth-order valence-electron chi connectivity index (χ4n) is 8.12. The summed E-state index contributed by atoms with van der Waals surface area (Å²) >= 11 is 0. The predicted molar refractivity (Wildman–Crippen MR) is 251 cm³/mol. The summed E-state index contributed by atoms with van der Waals surface area (Å²) in [5.41, 5.74) is 9.51. The molecule has 0 saturated heterocycles. The summed E-state index contributed by atoms with van der Waals surface area (Å²) in [5, 5.41) is 20.6. The number of fused-ring (bicyclic) bond motifs is 4. The van der Waals surface area contributed by atoms with Crippen LogP contribution in [0.4, 0.5) is 32.3 Å². The zero-order valence-electron chi connectivity index (χ0n) is 32.4. The molecule has 0 aromatic heterocycles.